The smallest absolute Gasteiger partial charge is 0.366 e. The van der Waals surface area contributed by atoms with E-state index in [2.05, 4.69) is 4.72 Å². The van der Waals surface area contributed by atoms with Gasteiger partial charge >= 0.3 is 6.18 Å². The van der Waals surface area contributed by atoms with E-state index in [0.29, 0.717) is 11.0 Å². The highest BCUT2D eigenvalue weighted by atomic mass is 32.2. The fourth-order valence-corrected chi connectivity index (χ4v) is 7.16. The fourth-order valence-electron chi connectivity index (χ4n) is 5.84. The summed E-state index contributed by atoms with van der Waals surface area (Å²) >= 11 is 0. The maximum atomic E-state index is 13.5. The van der Waals surface area contributed by atoms with Crippen molar-refractivity contribution in [3.05, 3.63) is 59.4 Å². The maximum absolute atomic E-state index is 13.5. The largest absolute Gasteiger partial charge is 0.417 e. The molecule has 37 heavy (non-hydrogen) atoms. The number of rotatable bonds is 4. The average molecular weight is 537 g/mol. The lowest BCUT2D eigenvalue weighted by Crippen LogP contribution is -2.56. The molecule has 13 heteroatoms. The molecule has 3 saturated heterocycles. The van der Waals surface area contributed by atoms with Gasteiger partial charge in [0.1, 0.15) is 5.82 Å². The Balaban J connectivity index is 1.50. The highest BCUT2D eigenvalue weighted by molar-refractivity contribution is 7.89. The molecule has 3 fully saturated rings. The van der Waals surface area contributed by atoms with Gasteiger partial charge in [-0.05, 0) is 62.7 Å². The molecule has 0 aromatic heterocycles. The summed E-state index contributed by atoms with van der Waals surface area (Å²) in [5.41, 5.74) is -5.06. The van der Waals surface area contributed by atoms with Crippen LogP contribution in [0, 0.1) is 29.0 Å². The van der Waals surface area contributed by atoms with Crippen LogP contribution in [0.1, 0.15) is 31.4 Å². The summed E-state index contributed by atoms with van der Waals surface area (Å²) < 4.78 is 88.3. The van der Waals surface area contributed by atoms with E-state index >= 15 is 0 Å². The SMILES string of the molecule is C[C@]12O[C@](C)(C[C@H]1NS(=O)(=O)c1ccc(F)cc1)[C@H]1C(=O)N(c3ccc(C#N)c(C(F)(F)F)c3)C(=O)[C@H]12. The molecule has 0 radical (unpaired) electrons. The minimum Gasteiger partial charge on any atom is -0.366 e. The van der Waals surface area contributed by atoms with E-state index in [0.717, 1.165) is 36.4 Å². The van der Waals surface area contributed by atoms with Gasteiger partial charge in [0.05, 0.1) is 56.9 Å². The Morgan fingerprint density at radius 2 is 1.70 bits per heavy atom. The van der Waals surface area contributed by atoms with Gasteiger partial charge in [-0.25, -0.2) is 22.4 Å². The van der Waals surface area contributed by atoms with Crippen LogP contribution in [0.4, 0.5) is 23.2 Å². The van der Waals surface area contributed by atoms with Crippen molar-refractivity contribution in [2.45, 2.75) is 48.6 Å². The molecule has 0 spiro atoms. The standard InChI is InChI=1S/C24H19F4N3O5S/c1-22-10-17(30-37(34,35)15-7-4-13(25)5-8-15)23(2,36-22)19-18(22)20(32)31(21(19)33)14-6-3-12(11-29)16(9-14)24(26,27)28/h3-9,17-19,30H,10H2,1-2H3/t17-,18-,19+,22-,23+/m1/s1. The third-order valence-electron chi connectivity index (χ3n) is 7.44. The van der Waals surface area contributed by atoms with Gasteiger partial charge in [-0.15, -0.1) is 0 Å². The molecule has 2 aromatic carbocycles. The number of carbonyl (C=O) groups excluding carboxylic acids is 2. The number of benzene rings is 2. The normalized spacial score (nSPS) is 31.1. The lowest BCUT2D eigenvalue weighted by Gasteiger charge is -2.35. The summed E-state index contributed by atoms with van der Waals surface area (Å²) in [7, 11) is -4.17. The summed E-state index contributed by atoms with van der Waals surface area (Å²) in [5.74, 6) is -4.45. The molecule has 8 nitrogen and oxygen atoms in total. The number of fused-ring (bicyclic) bond motifs is 5. The number of sulfonamides is 1. The number of hydrogen-bond donors (Lipinski definition) is 1. The van der Waals surface area contributed by atoms with Crippen molar-refractivity contribution in [2.24, 2.45) is 11.8 Å². The zero-order valence-electron chi connectivity index (χ0n) is 19.3. The number of nitrogens with one attached hydrogen (secondary N) is 1. The number of halogens is 4. The zero-order valence-corrected chi connectivity index (χ0v) is 20.2. The molecule has 2 bridgehead atoms. The third kappa shape index (κ3) is 3.65. The van der Waals surface area contributed by atoms with Gasteiger partial charge in [0.2, 0.25) is 21.8 Å². The molecular weight excluding hydrogens is 518 g/mol. The van der Waals surface area contributed by atoms with Gasteiger partial charge in [-0.1, -0.05) is 0 Å². The second kappa shape index (κ2) is 7.83. The number of anilines is 1. The molecule has 2 amide bonds. The van der Waals surface area contributed by atoms with Crippen molar-refractivity contribution in [3.8, 4) is 6.07 Å². The van der Waals surface area contributed by atoms with Crippen molar-refractivity contribution in [3.63, 3.8) is 0 Å². The molecule has 3 aliphatic rings. The molecule has 5 rings (SSSR count). The number of nitriles is 1. The summed E-state index contributed by atoms with van der Waals surface area (Å²) in [6.45, 7) is 3.03. The van der Waals surface area contributed by atoms with E-state index in [4.69, 9.17) is 10.00 Å². The topological polar surface area (TPSA) is 117 Å². The van der Waals surface area contributed by atoms with Crippen molar-refractivity contribution in [1.29, 1.82) is 5.26 Å². The Hall–Kier alpha value is -3.34. The Morgan fingerprint density at radius 1 is 1.08 bits per heavy atom. The lowest BCUT2D eigenvalue weighted by molar-refractivity contribution is -0.138. The minimum atomic E-state index is -4.90. The first-order valence-corrected chi connectivity index (χ1v) is 12.6. The number of imide groups is 1. The molecule has 1 N–H and O–H groups in total. The van der Waals surface area contributed by atoms with Crippen LogP contribution in [-0.2, 0) is 30.5 Å². The Kier molecular flexibility index (Phi) is 5.36. The first kappa shape index (κ1) is 25.3. The van der Waals surface area contributed by atoms with Crippen LogP contribution in [0.2, 0.25) is 0 Å². The fraction of sp³-hybridized carbons (Fsp3) is 0.375. The van der Waals surface area contributed by atoms with Crippen LogP contribution < -0.4 is 9.62 Å². The van der Waals surface area contributed by atoms with Crippen molar-refractivity contribution < 1.29 is 40.3 Å². The predicted octanol–water partition coefficient (Wildman–Crippen LogP) is 3.12. The van der Waals surface area contributed by atoms with Crippen molar-refractivity contribution >= 4 is 27.5 Å². The molecule has 0 saturated carbocycles. The molecule has 5 atom stereocenters. The number of nitrogens with zero attached hydrogens (tertiary/aromatic N) is 2. The lowest BCUT2D eigenvalue weighted by atomic mass is 9.67. The van der Waals surface area contributed by atoms with Crippen LogP contribution in [0.25, 0.3) is 0 Å². The van der Waals surface area contributed by atoms with Gasteiger partial charge in [0.15, 0.2) is 0 Å². The molecule has 194 valence electrons. The van der Waals surface area contributed by atoms with Crippen LogP contribution >= 0.6 is 0 Å². The van der Waals surface area contributed by atoms with E-state index < -0.39 is 74.0 Å². The average Bonchev–Trinajstić information content (AvgIpc) is 3.33. The van der Waals surface area contributed by atoms with Crippen molar-refractivity contribution in [1.82, 2.24) is 4.72 Å². The number of alkyl halides is 3. The number of ether oxygens (including phenoxy) is 1. The monoisotopic (exact) mass is 537 g/mol. The number of hydrogen-bond acceptors (Lipinski definition) is 6. The van der Waals surface area contributed by atoms with Crippen LogP contribution in [0.3, 0.4) is 0 Å². The highest BCUT2D eigenvalue weighted by Gasteiger charge is 2.76. The maximum Gasteiger partial charge on any atom is 0.417 e. The van der Waals surface area contributed by atoms with E-state index in [9.17, 15) is 35.6 Å². The zero-order chi connectivity index (χ0) is 27.1. The molecule has 3 aliphatic heterocycles. The molecule has 2 aromatic rings. The molecular formula is C24H19F4N3O5S. The van der Waals surface area contributed by atoms with Crippen LogP contribution in [0.5, 0.6) is 0 Å². The molecule has 3 heterocycles. The Labute approximate surface area is 208 Å². The van der Waals surface area contributed by atoms with E-state index in [1.165, 1.54) is 13.0 Å². The second-order valence-corrected chi connectivity index (χ2v) is 11.5. The van der Waals surface area contributed by atoms with E-state index in [-0.39, 0.29) is 17.0 Å². The third-order valence-corrected chi connectivity index (χ3v) is 8.93. The summed E-state index contributed by atoms with van der Waals surface area (Å²) in [6, 6.07) is 7.16. The second-order valence-electron chi connectivity index (χ2n) is 9.74. The van der Waals surface area contributed by atoms with Crippen LogP contribution in [-0.4, -0.2) is 37.5 Å². The van der Waals surface area contributed by atoms with Gasteiger partial charge in [-0.2, -0.15) is 18.4 Å². The Bertz CT molecular complexity index is 1490. The van der Waals surface area contributed by atoms with Crippen molar-refractivity contribution in [2.75, 3.05) is 4.90 Å². The van der Waals surface area contributed by atoms with Gasteiger partial charge in [-0.3, -0.25) is 9.59 Å². The van der Waals surface area contributed by atoms with E-state index in [1.807, 2.05) is 0 Å². The van der Waals surface area contributed by atoms with E-state index in [1.54, 1.807) is 6.92 Å². The first-order chi connectivity index (χ1) is 17.1. The number of amides is 2. The summed E-state index contributed by atoms with van der Waals surface area (Å²) in [6.07, 6.45) is -4.88. The summed E-state index contributed by atoms with van der Waals surface area (Å²) in [4.78, 5) is 27.4. The molecule has 0 aliphatic carbocycles. The first-order valence-electron chi connectivity index (χ1n) is 11.1. The number of carbonyl (C=O) groups is 2. The quantitative estimate of drug-likeness (QED) is 0.473. The predicted molar refractivity (Wildman–Crippen MR) is 119 cm³/mol. The van der Waals surface area contributed by atoms with Gasteiger partial charge in [0.25, 0.3) is 0 Å². The van der Waals surface area contributed by atoms with Gasteiger partial charge < -0.3 is 4.74 Å². The molecule has 0 unspecified atom stereocenters. The highest BCUT2D eigenvalue weighted by Crippen LogP contribution is 2.61. The van der Waals surface area contributed by atoms with Gasteiger partial charge in [0, 0.05) is 0 Å². The summed E-state index contributed by atoms with van der Waals surface area (Å²) in [5, 5.41) is 9.05. The Morgan fingerprint density at radius 3 is 2.30 bits per heavy atom. The van der Waals surface area contributed by atoms with Crippen LogP contribution in [0.15, 0.2) is 47.4 Å². The minimum absolute atomic E-state index is 0.0130.